The zero-order valence-corrected chi connectivity index (χ0v) is 21.4. The van der Waals surface area contributed by atoms with Crippen molar-refractivity contribution in [1.82, 2.24) is 10.4 Å². The molecule has 0 bridgehead atoms. The first-order valence-electron chi connectivity index (χ1n) is 10.2. The Kier molecular flexibility index (Phi) is 7.97. The first-order chi connectivity index (χ1) is 16.8. The molecule has 4 rings (SSSR count). The molecule has 3 aromatic rings. The van der Waals surface area contributed by atoms with Gasteiger partial charge in [0.2, 0.25) is 0 Å². The van der Waals surface area contributed by atoms with E-state index in [9.17, 15) is 9.59 Å². The van der Waals surface area contributed by atoms with Gasteiger partial charge >= 0.3 is 0 Å². The molecule has 0 aromatic heterocycles. The van der Waals surface area contributed by atoms with E-state index in [-0.39, 0.29) is 10.9 Å². The Morgan fingerprint density at radius 3 is 2.54 bits per heavy atom. The lowest BCUT2D eigenvalue weighted by molar-refractivity contribution is -0.123. The molecular formula is C25H18Cl2N2O4S2. The molecule has 0 aliphatic carbocycles. The highest BCUT2D eigenvalue weighted by molar-refractivity contribution is 8.26. The number of carbonyl (C=O) groups excluding carboxylic acids is 2. The van der Waals surface area contributed by atoms with Gasteiger partial charge in [-0.15, -0.1) is 0 Å². The van der Waals surface area contributed by atoms with Gasteiger partial charge in [0.1, 0.15) is 18.1 Å². The van der Waals surface area contributed by atoms with Crippen LogP contribution in [0, 0.1) is 0 Å². The maximum absolute atomic E-state index is 13.0. The lowest BCUT2D eigenvalue weighted by Gasteiger charge is -2.15. The smallest absolute Gasteiger partial charge is 0.285 e. The van der Waals surface area contributed by atoms with Crippen molar-refractivity contribution in [3.63, 3.8) is 0 Å². The van der Waals surface area contributed by atoms with Crippen molar-refractivity contribution in [3.8, 4) is 11.5 Å². The summed E-state index contributed by atoms with van der Waals surface area (Å²) in [4.78, 5) is 26.0. The van der Waals surface area contributed by atoms with Crippen molar-refractivity contribution in [2.75, 3.05) is 7.11 Å². The summed E-state index contributed by atoms with van der Waals surface area (Å²) >= 11 is 18.6. The van der Waals surface area contributed by atoms with Gasteiger partial charge in [-0.05, 0) is 78.5 Å². The van der Waals surface area contributed by atoms with Crippen molar-refractivity contribution < 1.29 is 19.1 Å². The van der Waals surface area contributed by atoms with E-state index in [1.807, 2.05) is 18.2 Å². The monoisotopic (exact) mass is 544 g/mol. The summed E-state index contributed by atoms with van der Waals surface area (Å²) in [5.74, 6) is 0.216. The molecule has 3 aromatic carbocycles. The van der Waals surface area contributed by atoms with Crippen LogP contribution in [-0.4, -0.2) is 28.3 Å². The predicted octanol–water partition coefficient (Wildman–Crippen LogP) is 6.13. The van der Waals surface area contributed by atoms with Gasteiger partial charge in [-0.2, -0.15) is 5.01 Å². The van der Waals surface area contributed by atoms with Gasteiger partial charge in [-0.3, -0.25) is 15.0 Å². The molecule has 10 heteroatoms. The Morgan fingerprint density at radius 2 is 1.83 bits per heavy atom. The molecule has 1 fully saturated rings. The molecule has 1 heterocycles. The van der Waals surface area contributed by atoms with Crippen molar-refractivity contribution >= 4 is 69.4 Å². The van der Waals surface area contributed by atoms with Crippen LogP contribution >= 0.6 is 47.2 Å². The van der Waals surface area contributed by atoms with Gasteiger partial charge in [0, 0.05) is 21.2 Å². The number of halogens is 2. The van der Waals surface area contributed by atoms with Crippen LogP contribution in [0.5, 0.6) is 11.5 Å². The van der Waals surface area contributed by atoms with Crippen molar-refractivity contribution in [1.29, 1.82) is 0 Å². The maximum atomic E-state index is 13.0. The number of ether oxygens (including phenoxy) is 2. The standard InChI is InChI=1S/C25H18Cl2N2O4S2/c1-32-20-8-5-16(6-9-20)23(30)28-29-24(31)22(35-25(29)34)13-17-12-19(27)7-10-21(17)33-14-15-3-2-4-18(26)11-15/h2-13H,14H2,1H3,(H,28,30)/b22-13+. The van der Waals surface area contributed by atoms with Gasteiger partial charge < -0.3 is 9.47 Å². The van der Waals surface area contributed by atoms with Crippen LogP contribution in [0.25, 0.3) is 6.08 Å². The number of nitrogens with one attached hydrogen (secondary N) is 1. The Balaban J connectivity index is 1.51. The van der Waals surface area contributed by atoms with Crippen LogP contribution < -0.4 is 14.9 Å². The molecule has 35 heavy (non-hydrogen) atoms. The summed E-state index contributed by atoms with van der Waals surface area (Å²) in [5.41, 5.74) is 4.41. The number of thiocarbonyl (C=S) groups is 1. The predicted molar refractivity (Wildman–Crippen MR) is 143 cm³/mol. The van der Waals surface area contributed by atoms with Gasteiger partial charge in [0.25, 0.3) is 11.8 Å². The average molecular weight is 545 g/mol. The highest BCUT2D eigenvalue weighted by Crippen LogP contribution is 2.34. The highest BCUT2D eigenvalue weighted by Gasteiger charge is 2.34. The Bertz CT molecular complexity index is 1330. The Hall–Kier alpha value is -3.04. The number of rotatable bonds is 7. The molecule has 0 atom stereocenters. The van der Waals surface area contributed by atoms with E-state index in [0.717, 1.165) is 22.3 Å². The van der Waals surface area contributed by atoms with Crippen LogP contribution in [0.15, 0.2) is 71.6 Å². The third-order valence-corrected chi connectivity index (χ3v) is 6.67. The maximum Gasteiger partial charge on any atom is 0.285 e. The summed E-state index contributed by atoms with van der Waals surface area (Å²) in [6.45, 7) is 0.280. The number of thioether (sulfide) groups is 1. The van der Waals surface area contributed by atoms with Crippen LogP contribution in [0.2, 0.25) is 10.0 Å². The van der Waals surface area contributed by atoms with E-state index in [2.05, 4.69) is 5.43 Å². The molecule has 0 radical (unpaired) electrons. The number of nitrogens with zero attached hydrogens (tertiary/aromatic N) is 1. The molecule has 1 aliphatic heterocycles. The summed E-state index contributed by atoms with van der Waals surface area (Å²) in [5, 5.41) is 2.15. The second-order valence-corrected chi connectivity index (χ2v) is 9.84. The summed E-state index contributed by atoms with van der Waals surface area (Å²) in [6.07, 6.45) is 1.64. The summed E-state index contributed by atoms with van der Waals surface area (Å²) < 4.78 is 11.3. The minimum atomic E-state index is -0.474. The first kappa shape index (κ1) is 25.1. The molecule has 1 aliphatic rings. The first-order valence-corrected chi connectivity index (χ1v) is 12.2. The topological polar surface area (TPSA) is 67.9 Å². The minimum absolute atomic E-state index is 0.200. The van der Waals surface area contributed by atoms with Crippen LogP contribution in [0.4, 0.5) is 0 Å². The van der Waals surface area contributed by atoms with E-state index in [1.165, 1.54) is 7.11 Å². The molecule has 0 spiro atoms. The second kappa shape index (κ2) is 11.1. The van der Waals surface area contributed by atoms with Gasteiger partial charge in [-0.25, -0.2) is 0 Å². The molecule has 0 unspecified atom stereocenters. The lowest BCUT2D eigenvalue weighted by atomic mass is 10.1. The SMILES string of the molecule is COc1ccc(C(=O)NN2C(=O)/C(=C\c3cc(Cl)ccc3OCc3cccc(Cl)c3)SC2=S)cc1. The average Bonchev–Trinajstić information content (AvgIpc) is 3.11. The Morgan fingerprint density at radius 1 is 1.09 bits per heavy atom. The van der Waals surface area contributed by atoms with Crippen molar-refractivity contribution in [2.24, 2.45) is 0 Å². The number of hydrogen-bond donors (Lipinski definition) is 1. The van der Waals surface area contributed by atoms with Gasteiger partial charge in [0.05, 0.1) is 12.0 Å². The van der Waals surface area contributed by atoms with Gasteiger partial charge in [0.15, 0.2) is 4.32 Å². The zero-order valence-electron chi connectivity index (χ0n) is 18.3. The number of methoxy groups -OCH3 is 1. The van der Waals surface area contributed by atoms with Crippen molar-refractivity contribution in [2.45, 2.75) is 6.61 Å². The fourth-order valence-corrected chi connectivity index (χ4v) is 4.73. The largest absolute Gasteiger partial charge is 0.497 e. The van der Waals surface area contributed by atoms with Crippen LogP contribution in [0.3, 0.4) is 0 Å². The minimum Gasteiger partial charge on any atom is -0.497 e. The van der Waals surface area contributed by atoms with E-state index in [1.54, 1.807) is 54.6 Å². The number of amides is 2. The highest BCUT2D eigenvalue weighted by atomic mass is 35.5. The number of carbonyl (C=O) groups is 2. The van der Waals surface area contributed by atoms with E-state index in [0.29, 0.717) is 37.6 Å². The fraction of sp³-hybridized carbons (Fsp3) is 0.0800. The lowest BCUT2D eigenvalue weighted by Crippen LogP contribution is -2.44. The summed E-state index contributed by atoms with van der Waals surface area (Å²) in [7, 11) is 1.54. The number of hydrazine groups is 1. The molecular weight excluding hydrogens is 527 g/mol. The number of benzene rings is 3. The Labute approximate surface area is 221 Å². The molecule has 6 nitrogen and oxygen atoms in total. The van der Waals surface area contributed by atoms with E-state index >= 15 is 0 Å². The summed E-state index contributed by atoms with van der Waals surface area (Å²) in [6, 6.07) is 19.0. The molecule has 1 saturated heterocycles. The second-order valence-electron chi connectivity index (χ2n) is 7.29. The molecule has 178 valence electrons. The van der Waals surface area contributed by atoms with E-state index < -0.39 is 11.8 Å². The molecule has 0 saturated carbocycles. The van der Waals surface area contributed by atoms with Crippen molar-refractivity contribution in [3.05, 3.63) is 98.4 Å². The number of hydrogen-bond acceptors (Lipinski definition) is 6. The fourth-order valence-electron chi connectivity index (χ4n) is 3.17. The van der Waals surface area contributed by atoms with E-state index in [4.69, 9.17) is 44.9 Å². The quantitative estimate of drug-likeness (QED) is 0.285. The van der Waals surface area contributed by atoms with Gasteiger partial charge in [-0.1, -0.05) is 47.1 Å². The van der Waals surface area contributed by atoms with Crippen LogP contribution in [0.1, 0.15) is 21.5 Å². The zero-order chi connectivity index (χ0) is 24.9. The third kappa shape index (κ3) is 6.15. The normalized spacial score (nSPS) is 14.4. The van der Waals surface area contributed by atoms with Crippen LogP contribution in [-0.2, 0) is 11.4 Å². The molecule has 1 N–H and O–H groups in total. The third-order valence-electron chi connectivity index (χ3n) is 4.90. The molecule has 2 amide bonds.